The summed E-state index contributed by atoms with van der Waals surface area (Å²) in [4.78, 5) is 0. The molecule has 13 heavy (non-hydrogen) atoms. The summed E-state index contributed by atoms with van der Waals surface area (Å²) in [5.41, 5.74) is 1.63. The zero-order chi connectivity index (χ0) is 10.3. The van der Waals surface area contributed by atoms with E-state index in [0.29, 0.717) is 0 Å². The fourth-order valence-corrected chi connectivity index (χ4v) is 3.88. The molecule has 0 bridgehead atoms. The van der Waals surface area contributed by atoms with Crippen LogP contribution in [0.1, 0.15) is 53.9 Å². The molecular formula is C11H26NP. The molecule has 0 atom stereocenters. The van der Waals surface area contributed by atoms with Crippen LogP contribution in [0.25, 0.3) is 0 Å². The average molecular weight is 203 g/mol. The monoisotopic (exact) mass is 203 g/mol. The molecule has 2 heteroatoms. The standard InChI is InChI=1S/C11H26NP/c1-6-7-8-9-12-13(10(2)3)11(4)5/h10-12H,6-9H2,1-5H3. The van der Waals surface area contributed by atoms with Crippen LogP contribution in [0.2, 0.25) is 0 Å². The Hall–Kier alpha value is 0.390. The van der Waals surface area contributed by atoms with E-state index in [9.17, 15) is 0 Å². The first-order valence-corrected chi connectivity index (χ1v) is 7.09. The summed E-state index contributed by atoms with van der Waals surface area (Å²) in [5, 5.41) is 3.72. The van der Waals surface area contributed by atoms with Crippen molar-refractivity contribution in [2.45, 2.75) is 65.2 Å². The number of nitrogens with one attached hydrogen (secondary N) is 1. The molecule has 0 heterocycles. The summed E-state index contributed by atoms with van der Waals surface area (Å²) in [6.07, 6.45) is 4.03. The van der Waals surface area contributed by atoms with Gasteiger partial charge in [-0.2, -0.15) is 0 Å². The third-order valence-electron chi connectivity index (χ3n) is 2.19. The van der Waals surface area contributed by atoms with Gasteiger partial charge in [0, 0.05) is 0 Å². The maximum Gasteiger partial charge on any atom is -0.000979 e. The van der Waals surface area contributed by atoms with E-state index in [-0.39, 0.29) is 8.07 Å². The number of rotatable bonds is 7. The van der Waals surface area contributed by atoms with Crippen molar-refractivity contribution in [3.63, 3.8) is 0 Å². The summed E-state index contributed by atoms with van der Waals surface area (Å²) >= 11 is 0. The van der Waals surface area contributed by atoms with Crippen LogP contribution in [-0.2, 0) is 0 Å². The number of hydrogen-bond acceptors (Lipinski definition) is 1. The molecule has 0 aromatic heterocycles. The highest BCUT2D eigenvalue weighted by Gasteiger charge is 2.15. The maximum atomic E-state index is 3.72. The lowest BCUT2D eigenvalue weighted by Gasteiger charge is -2.26. The Morgan fingerprint density at radius 2 is 1.54 bits per heavy atom. The van der Waals surface area contributed by atoms with E-state index in [1.165, 1.54) is 25.8 Å². The Balaban J connectivity index is 3.58. The Morgan fingerprint density at radius 1 is 1.00 bits per heavy atom. The SMILES string of the molecule is CCCCCNP(C(C)C)C(C)C. The zero-order valence-corrected chi connectivity index (χ0v) is 10.8. The highest BCUT2D eigenvalue weighted by atomic mass is 31.1. The highest BCUT2D eigenvalue weighted by Crippen LogP contribution is 2.41. The van der Waals surface area contributed by atoms with Crippen molar-refractivity contribution in [1.82, 2.24) is 5.09 Å². The Labute approximate surface area is 85.5 Å². The molecule has 1 N–H and O–H groups in total. The largest absolute Gasteiger partial charge is 0.295 e. The lowest BCUT2D eigenvalue weighted by Crippen LogP contribution is -2.19. The fourth-order valence-electron chi connectivity index (χ4n) is 1.54. The zero-order valence-electron chi connectivity index (χ0n) is 9.93. The van der Waals surface area contributed by atoms with Gasteiger partial charge in [0.2, 0.25) is 0 Å². The Bertz CT molecular complexity index is 105. The van der Waals surface area contributed by atoms with Crippen LogP contribution >= 0.6 is 8.07 Å². The van der Waals surface area contributed by atoms with Gasteiger partial charge in [-0.25, -0.2) is 0 Å². The molecule has 0 aromatic carbocycles. The Morgan fingerprint density at radius 3 is 1.92 bits per heavy atom. The van der Waals surface area contributed by atoms with Crippen molar-refractivity contribution >= 4 is 8.07 Å². The van der Waals surface area contributed by atoms with E-state index < -0.39 is 0 Å². The van der Waals surface area contributed by atoms with Gasteiger partial charge in [-0.05, 0) is 32.4 Å². The van der Waals surface area contributed by atoms with Gasteiger partial charge in [0.25, 0.3) is 0 Å². The van der Waals surface area contributed by atoms with Gasteiger partial charge in [-0.1, -0.05) is 47.5 Å². The second-order valence-electron chi connectivity index (χ2n) is 4.21. The van der Waals surface area contributed by atoms with Crippen molar-refractivity contribution in [2.24, 2.45) is 0 Å². The smallest absolute Gasteiger partial charge is 0.000979 e. The van der Waals surface area contributed by atoms with E-state index in [2.05, 4.69) is 39.7 Å². The number of unbranched alkanes of at least 4 members (excludes halogenated alkanes) is 2. The van der Waals surface area contributed by atoms with E-state index >= 15 is 0 Å². The predicted octanol–water partition coefficient (Wildman–Crippen LogP) is 3.98. The molecule has 0 aliphatic heterocycles. The lowest BCUT2D eigenvalue weighted by atomic mass is 10.3. The molecule has 0 radical (unpaired) electrons. The van der Waals surface area contributed by atoms with Crippen molar-refractivity contribution in [2.75, 3.05) is 6.54 Å². The predicted molar refractivity (Wildman–Crippen MR) is 64.7 cm³/mol. The van der Waals surface area contributed by atoms with E-state index in [1.54, 1.807) is 0 Å². The first-order chi connectivity index (χ1) is 6.09. The third-order valence-corrected chi connectivity index (χ3v) is 5.00. The van der Waals surface area contributed by atoms with Gasteiger partial charge in [0.1, 0.15) is 0 Å². The first kappa shape index (κ1) is 13.4. The summed E-state index contributed by atoms with van der Waals surface area (Å²) in [6, 6.07) is 0. The van der Waals surface area contributed by atoms with E-state index in [0.717, 1.165) is 11.3 Å². The van der Waals surface area contributed by atoms with Gasteiger partial charge in [0.05, 0.1) is 0 Å². The van der Waals surface area contributed by atoms with Gasteiger partial charge >= 0.3 is 0 Å². The van der Waals surface area contributed by atoms with E-state index in [1.807, 2.05) is 0 Å². The Kier molecular flexibility index (Phi) is 8.00. The lowest BCUT2D eigenvalue weighted by molar-refractivity contribution is 0.700. The number of hydrogen-bond donors (Lipinski definition) is 1. The molecule has 0 aliphatic rings. The normalized spacial score (nSPS) is 12.0. The van der Waals surface area contributed by atoms with Crippen LogP contribution in [0.3, 0.4) is 0 Å². The van der Waals surface area contributed by atoms with Crippen LogP contribution in [0, 0.1) is 0 Å². The molecular weight excluding hydrogens is 177 g/mol. The van der Waals surface area contributed by atoms with Gasteiger partial charge in [0.15, 0.2) is 0 Å². The van der Waals surface area contributed by atoms with Crippen LogP contribution in [0.5, 0.6) is 0 Å². The molecule has 0 saturated carbocycles. The van der Waals surface area contributed by atoms with Gasteiger partial charge in [-0.3, -0.25) is 5.09 Å². The van der Waals surface area contributed by atoms with Crippen LogP contribution < -0.4 is 5.09 Å². The fraction of sp³-hybridized carbons (Fsp3) is 1.00. The van der Waals surface area contributed by atoms with Crippen molar-refractivity contribution < 1.29 is 0 Å². The molecule has 0 fully saturated rings. The van der Waals surface area contributed by atoms with Crippen molar-refractivity contribution in [3.8, 4) is 0 Å². The average Bonchev–Trinajstić information content (AvgIpc) is 2.02. The first-order valence-electron chi connectivity index (χ1n) is 5.61. The van der Waals surface area contributed by atoms with Crippen molar-refractivity contribution in [1.29, 1.82) is 0 Å². The molecule has 0 amide bonds. The van der Waals surface area contributed by atoms with Crippen LogP contribution in [-0.4, -0.2) is 17.9 Å². The second-order valence-corrected chi connectivity index (χ2v) is 7.41. The summed E-state index contributed by atoms with van der Waals surface area (Å²) in [6.45, 7) is 12.8. The minimum atomic E-state index is 0.0547. The minimum Gasteiger partial charge on any atom is -0.295 e. The summed E-state index contributed by atoms with van der Waals surface area (Å²) < 4.78 is 0. The summed E-state index contributed by atoms with van der Waals surface area (Å²) in [7, 11) is 0.0547. The maximum absolute atomic E-state index is 3.72. The topological polar surface area (TPSA) is 12.0 Å². The van der Waals surface area contributed by atoms with Gasteiger partial charge in [-0.15, -0.1) is 0 Å². The van der Waals surface area contributed by atoms with Crippen molar-refractivity contribution in [3.05, 3.63) is 0 Å². The minimum absolute atomic E-state index is 0.0547. The second kappa shape index (κ2) is 7.76. The molecule has 0 saturated heterocycles. The molecule has 0 rings (SSSR count). The quantitative estimate of drug-likeness (QED) is 0.487. The van der Waals surface area contributed by atoms with Gasteiger partial charge < -0.3 is 0 Å². The molecule has 0 spiro atoms. The summed E-state index contributed by atoms with van der Waals surface area (Å²) in [5.74, 6) is 0. The van der Waals surface area contributed by atoms with Crippen LogP contribution in [0.4, 0.5) is 0 Å². The molecule has 1 nitrogen and oxygen atoms in total. The molecule has 0 aliphatic carbocycles. The van der Waals surface area contributed by atoms with E-state index in [4.69, 9.17) is 0 Å². The third kappa shape index (κ3) is 6.46. The molecule has 0 aromatic rings. The molecule has 0 unspecified atom stereocenters. The highest BCUT2D eigenvalue weighted by molar-refractivity contribution is 7.56. The van der Waals surface area contributed by atoms with Crippen LogP contribution in [0.15, 0.2) is 0 Å². The molecule has 80 valence electrons.